The van der Waals surface area contributed by atoms with Crippen LogP contribution < -0.4 is 4.90 Å². The van der Waals surface area contributed by atoms with Gasteiger partial charge in [0.1, 0.15) is 0 Å². The van der Waals surface area contributed by atoms with Crippen molar-refractivity contribution in [1.29, 1.82) is 0 Å². The smallest absolute Gasteiger partial charge is 0.330 e. The van der Waals surface area contributed by atoms with E-state index >= 15 is 0 Å². The van der Waals surface area contributed by atoms with Gasteiger partial charge in [0.25, 0.3) is 0 Å². The van der Waals surface area contributed by atoms with E-state index in [4.69, 9.17) is 0 Å². The topological polar surface area (TPSA) is 81.2 Å². The van der Waals surface area contributed by atoms with Gasteiger partial charge >= 0.3 is 12.0 Å². The summed E-state index contributed by atoms with van der Waals surface area (Å²) in [6.07, 6.45) is 4.49. The van der Waals surface area contributed by atoms with Crippen molar-refractivity contribution in [2.45, 2.75) is 44.3 Å². The number of benzene rings is 4. The van der Waals surface area contributed by atoms with Crippen LogP contribution in [0, 0.1) is 0 Å². The first-order valence-electron chi connectivity index (χ1n) is 15.0. The Hall–Kier alpha value is -5.17. The molecule has 0 saturated carbocycles. The van der Waals surface area contributed by atoms with E-state index in [9.17, 15) is 19.5 Å². The lowest BCUT2D eigenvalue weighted by atomic mass is 9.87. The zero-order chi connectivity index (χ0) is 30.8. The van der Waals surface area contributed by atoms with E-state index in [0.29, 0.717) is 17.8 Å². The van der Waals surface area contributed by atoms with Crippen molar-refractivity contribution < 1.29 is 19.5 Å². The fourth-order valence-electron chi connectivity index (χ4n) is 6.64. The maximum Gasteiger partial charge on any atom is 0.330 e. The monoisotopic (exact) mass is 585 g/mol. The highest BCUT2D eigenvalue weighted by molar-refractivity contribution is 6.06. The van der Waals surface area contributed by atoms with E-state index in [1.54, 1.807) is 16.7 Å². The van der Waals surface area contributed by atoms with Crippen LogP contribution in [0.1, 0.15) is 48.4 Å². The molecule has 7 nitrogen and oxygen atoms in total. The predicted octanol–water partition coefficient (Wildman–Crippen LogP) is 7.03. The number of para-hydroxylation sites is 2. The molecule has 1 fully saturated rings. The molecule has 1 N–H and O–H groups in total. The minimum absolute atomic E-state index is 0.0902. The van der Waals surface area contributed by atoms with E-state index in [-0.39, 0.29) is 18.5 Å². The van der Waals surface area contributed by atoms with Crippen LogP contribution in [0.4, 0.5) is 16.2 Å². The predicted molar refractivity (Wildman–Crippen MR) is 173 cm³/mol. The molecule has 0 radical (unpaired) electrons. The zero-order valence-corrected chi connectivity index (χ0v) is 24.8. The van der Waals surface area contributed by atoms with E-state index in [2.05, 4.69) is 0 Å². The van der Waals surface area contributed by atoms with Crippen LogP contribution in [0.3, 0.4) is 0 Å². The first-order chi connectivity index (χ1) is 21.4. The Morgan fingerprint density at radius 1 is 0.750 bits per heavy atom. The van der Waals surface area contributed by atoms with Gasteiger partial charge in [-0.3, -0.25) is 9.69 Å². The van der Waals surface area contributed by atoms with Crippen LogP contribution in [-0.4, -0.2) is 57.5 Å². The second kappa shape index (κ2) is 12.2. The van der Waals surface area contributed by atoms with Gasteiger partial charge in [0.05, 0.1) is 23.3 Å². The number of amides is 3. The van der Waals surface area contributed by atoms with Crippen LogP contribution in [0.2, 0.25) is 0 Å². The molecular weight excluding hydrogens is 550 g/mol. The van der Waals surface area contributed by atoms with Gasteiger partial charge in [-0.25, -0.2) is 9.59 Å². The summed E-state index contributed by atoms with van der Waals surface area (Å²) in [6, 6.07) is 31.5. The quantitative estimate of drug-likeness (QED) is 0.273. The molecule has 6 rings (SSSR count). The fraction of sp³-hybridized carbons (Fsp3) is 0.216. The highest BCUT2D eigenvalue weighted by Gasteiger charge is 2.49. The van der Waals surface area contributed by atoms with Crippen LogP contribution in [0.5, 0.6) is 0 Å². The van der Waals surface area contributed by atoms with Gasteiger partial charge in [-0.1, -0.05) is 116 Å². The number of carbonyl (C=O) groups is 3. The number of aliphatic carboxylic acids is 1. The summed E-state index contributed by atoms with van der Waals surface area (Å²) in [6.45, 7) is 3.81. The molecule has 222 valence electrons. The lowest BCUT2D eigenvalue weighted by Gasteiger charge is -2.50. The molecule has 3 amide bonds. The van der Waals surface area contributed by atoms with Crippen LogP contribution in [0.15, 0.2) is 109 Å². The molecule has 0 unspecified atom stereocenters. The maximum absolute atomic E-state index is 14.7. The van der Waals surface area contributed by atoms with E-state index in [1.807, 2.05) is 128 Å². The summed E-state index contributed by atoms with van der Waals surface area (Å²) in [7, 11) is 0. The minimum Gasteiger partial charge on any atom is -0.480 e. The van der Waals surface area contributed by atoms with Crippen LogP contribution >= 0.6 is 0 Å². The standard InChI is InChI=1S/C37H35N3O4/c1-3-30-24-38(37(44)40-31-20-12-10-14-26(31)22-23-27-15-11-13-21-32(27)40)34(36(42)43)25(2)39(30)35(41)33(28-16-6-4-7-17-28)29-18-8-5-9-19-29/h4-23,25,30,33-34H,3,24H2,1-2H3,(H,42,43)/t25-,30+,34+/m0/s1. The third-order valence-electron chi connectivity index (χ3n) is 8.76. The Labute approximate surface area is 257 Å². The van der Waals surface area contributed by atoms with Crippen molar-refractivity contribution in [1.82, 2.24) is 9.80 Å². The van der Waals surface area contributed by atoms with E-state index < -0.39 is 30.0 Å². The molecule has 0 spiro atoms. The summed E-state index contributed by atoms with van der Waals surface area (Å²) in [5, 5.41) is 10.6. The molecular formula is C37H35N3O4. The lowest BCUT2D eigenvalue weighted by Crippen LogP contribution is -2.69. The zero-order valence-electron chi connectivity index (χ0n) is 24.8. The Kier molecular flexibility index (Phi) is 8.03. The van der Waals surface area contributed by atoms with Gasteiger partial charge in [0.15, 0.2) is 6.04 Å². The molecule has 44 heavy (non-hydrogen) atoms. The number of piperazine rings is 1. The van der Waals surface area contributed by atoms with Gasteiger partial charge in [0, 0.05) is 12.6 Å². The number of fused-ring (bicyclic) bond motifs is 2. The number of anilines is 2. The molecule has 2 heterocycles. The molecule has 4 aromatic rings. The average molecular weight is 586 g/mol. The van der Waals surface area contributed by atoms with Gasteiger partial charge in [-0.15, -0.1) is 0 Å². The highest BCUT2D eigenvalue weighted by Crippen LogP contribution is 2.39. The minimum atomic E-state index is -1.25. The molecule has 3 atom stereocenters. The summed E-state index contributed by atoms with van der Waals surface area (Å²) >= 11 is 0. The molecule has 0 bridgehead atoms. The number of nitrogens with zero attached hydrogens (tertiary/aromatic N) is 3. The summed E-state index contributed by atoms with van der Waals surface area (Å²) in [5.41, 5.74) is 4.73. The summed E-state index contributed by atoms with van der Waals surface area (Å²) < 4.78 is 0. The summed E-state index contributed by atoms with van der Waals surface area (Å²) in [4.78, 5) is 47.1. The second-order valence-corrected chi connectivity index (χ2v) is 11.3. The first kappa shape index (κ1) is 28.9. The van der Waals surface area contributed by atoms with Gasteiger partial charge in [0.2, 0.25) is 5.91 Å². The fourth-order valence-corrected chi connectivity index (χ4v) is 6.64. The molecule has 4 aromatic carbocycles. The normalized spacial score (nSPS) is 19.2. The van der Waals surface area contributed by atoms with E-state index in [0.717, 1.165) is 22.3 Å². The molecule has 7 heteroatoms. The number of hydrogen-bond acceptors (Lipinski definition) is 3. The Morgan fingerprint density at radius 3 is 1.70 bits per heavy atom. The largest absolute Gasteiger partial charge is 0.480 e. The average Bonchev–Trinajstić information content (AvgIpc) is 3.22. The number of hydrogen-bond donors (Lipinski definition) is 1. The van der Waals surface area contributed by atoms with Crippen molar-refractivity contribution >= 4 is 41.4 Å². The Morgan fingerprint density at radius 2 is 1.23 bits per heavy atom. The first-order valence-corrected chi connectivity index (χ1v) is 15.0. The SMILES string of the molecule is CC[C@@H]1CN(C(=O)N2c3ccccc3C=Cc3ccccc32)[C@@H](C(=O)O)[C@H](C)N1C(=O)C(c1ccccc1)c1ccccc1. The van der Waals surface area contributed by atoms with Crippen LogP contribution in [-0.2, 0) is 9.59 Å². The molecule has 1 saturated heterocycles. The molecule has 0 aromatic heterocycles. The number of rotatable bonds is 5. The van der Waals surface area contributed by atoms with Crippen LogP contribution in [0.25, 0.3) is 12.2 Å². The third-order valence-corrected chi connectivity index (χ3v) is 8.76. The highest BCUT2D eigenvalue weighted by atomic mass is 16.4. The van der Waals surface area contributed by atoms with Crippen molar-refractivity contribution in [3.8, 4) is 0 Å². The lowest BCUT2D eigenvalue weighted by molar-refractivity contribution is -0.154. The second-order valence-electron chi connectivity index (χ2n) is 11.3. The van der Waals surface area contributed by atoms with Crippen molar-refractivity contribution in [3.05, 3.63) is 131 Å². The third kappa shape index (κ3) is 5.15. The molecule has 2 aliphatic rings. The Balaban J connectivity index is 1.41. The van der Waals surface area contributed by atoms with Crippen molar-refractivity contribution in [2.24, 2.45) is 0 Å². The van der Waals surface area contributed by atoms with Crippen molar-refractivity contribution in [3.63, 3.8) is 0 Å². The van der Waals surface area contributed by atoms with Gasteiger partial charge in [-0.05, 0) is 47.7 Å². The number of carboxylic acids is 1. The van der Waals surface area contributed by atoms with E-state index in [1.165, 1.54) is 4.90 Å². The summed E-state index contributed by atoms with van der Waals surface area (Å²) in [5.74, 6) is -1.93. The van der Waals surface area contributed by atoms with Gasteiger partial charge in [-0.2, -0.15) is 0 Å². The Bertz CT molecular complexity index is 1620. The molecule has 0 aliphatic carbocycles. The number of urea groups is 1. The van der Waals surface area contributed by atoms with Crippen molar-refractivity contribution in [2.75, 3.05) is 11.4 Å². The maximum atomic E-state index is 14.7. The number of carbonyl (C=O) groups excluding carboxylic acids is 2. The van der Waals surface area contributed by atoms with Gasteiger partial charge < -0.3 is 14.9 Å². The molecule has 2 aliphatic heterocycles. The number of carboxylic acid groups (broad SMARTS) is 1.